The Labute approximate surface area is 154 Å². The van der Waals surface area contributed by atoms with Crippen LogP contribution < -0.4 is 14.0 Å². The van der Waals surface area contributed by atoms with Crippen molar-refractivity contribution < 1.29 is 28.5 Å². The Hall–Kier alpha value is 0.920. The van der Waals surface area contributed by atoms with Crippen LogP contribution in [0.25, 0.3) is 0 Å². The highest BCUT2D eigenvalue weighted by molar-refractivity contribution is 8.13. The van der Waals surface area contributed by atoms with Crippen molar-refractivity contribution in [3.05, 3.63) is 9.81 Å². The highest BCUT2D eigenvalue weighted by Crippen LogP contribution is 2.70. The fourth-order valence-corrected chi connectivity index (χ4v) is 6.95. The van der Waals surface area contributed by atoms with E-state index in [1.807, 2.05) is 20.8 Å². The lowest BCUT2D eigenvalue weighted by molar-refractivity contribution is -1.92. The molecule has 0 fully saturated rings. The molecule has 1 rings (SSSR count). The molecule has 1 aliphatic rings. The molecule has 8 heteroatoms. The number of halogens is 1. The predicted molar refractivity (Wildman–Crippen MR) is 92.9 cm³/mol. The van der Waals surface area contributed by atoms with Gasteiger partial charge in [0.05, 0.1) is 24.3 Å². The number of rotatable bonds is 5. The van der Waals surface area contributed by atoms with Gasteiger partial charge in [-0.2, -0.15) is 14.0 Å². The molecular weight excluding hydrogens is 376 g/mol. The van der Waals surface area contributed by atoms with Crippen LogP contribution in [0, 0.1) is 10.2 Å². The molecule has 0 atom stereocenters. The second-order valence-corrected chi connectivity index (χ2v) is 15.0. The van der Waals surface area contributed by atoms with E-state index in [1.165, 1.54) is 11.8 Å². The Balaban J connectivity index is 3.21. The van der Waals surface area contributed by atoms with Gasteiger partial charge in [0.1, 0.15) is 0 Å². The van der Waals surface area contributed by atoms with E-state index < -0.39 is 15.2 Å². The first kappa shape index (κ1) is 22.0. The largest absolute Gasteiger partial charge is 0.333 e. The summed E-state index contributed by atoms with van der Waals surface area (Å²) in [5.41, 5.74) is 0. The lowest BCUT2D eigenvalue weighted by Gasteiger charge is -2.27. The van der Waals surface area contributed by atoms with Crippen LogP contribution in [0.3, 0.4) is 0 Å². The van der Waals surface area contributed by atoms with Crippen molar-refractivity contribution in [1.29, 1.82) is 0 Å². The van der Waals surface area contributed by atoms with E-state index in [-0.39, 0.29) is 14.2 Å². The van der Waals surface area contributed by atoms with Gasteiger partial charge >= 0.3 is 4.93 Å². The summed E-state index contributed by atoms with van der Waals surface area (Å²) < 4.78 is 38.6. The first-order valence-corrected chi connectivity index (χ1v) is 11.0. The third kappa shape index (κ3) is 7.36. The summed E-state index contributed by atoms with van der Waals surface area (Å²) in [4.78, 5) is 0.518. The van der Waals surface area contributed by atoms with E-state index in [2.05, 4.69) is 41.5 Å². The van der Waals surface area contributed by atoms with Crippen molar-refractivity contribution in [3.8, 4) is 0 Å². The summed E-state index contributed by atoms with van der Waals surface area (Å²) in [5, 5.41) is 0. The van der Waals surface area contributed by atoms with Crippen LogP contribution in [0.1, 0.15) is 62.3 Å². The zero-order valence-electron chi connectivity index (χ0n) is 15.2. The molecular formula is C15H27ClO4S3. The van der Waals surface area contributed by atoms with Gasteiger partial charge in [-0.1, -0.05) is 74.1 Å². The van der Waals surface area contributed by atoms with Gasteiger partial charge in [0, 0.05) is 14.2 Å². The summed E-state index contributed by atoms with van der Waals surface area (Å²) in [6.45, 7) is 18.3. The van der Waals surface area contributed by atoms with Crippen molar-refractivity contribution in [2.75, 3.05) is 0 Å². The number of hydrogen-bond acceptors (Lipinski definition) is 7. The zero-order chi connectivity index (χ0) is 18.5. The zero-order valence-corrected chi connectivity index (χ0v) is 18.4. The van der Waals surface area contributed by atoms with E-state index in [0.717, 1.165) is 9.81 Å². The standard InChI is InChI=1S/C15H27ClO4S3/c1-12(2,3)21-10-11(22-13(4,5)6)15(10,20-16(17,18)19)23-14(7,8)9/h1-9H3. The molecule has 0 saturated heterocycles. The maximum Gasteiger partial charge on any atom is 0.333 e. The molecule has 0 N–H and O–H groups in total. The van der Waals surface area contributed by atoms with E-state index >= 15 is 0 Å². The summed E-state index contributed by atoms with van der Waals surface area (Å²) in [5.74, 6) is 0. The third-order valence-electron chi connectivity index (χ3n) is 2.21. The summed E-state index contributed by atoms with van der Waals surface area (Å²) in [7, 11) is -4.51. The van der Waals surface area contributed by atoms with Crippen molar-refractivity contribution in [2.45, 2.75) is 81.5 Å². The molecule has 0 bridgehead atoms. The molecule has 136 valence electrons. The van der Waals surface area contributed by atoms with E-state index in [1.54, 1.807) is 23.5 Å². The molecule has 4 nitrogen and oxygen atoms in total. The van der Waals surface area contributed by atoms with Crippen LogP contribution in [0.15, 0.2) is 9.81 Å². The van der Waals surface area contributed by atoms with Crippen LogP contribution in [-0.2, 0) is 4.29 Å². The summed E-state index contributed by atoms with van der Waals surface area (Å²) >= 11 is 4.50. The summed E-state index contributed by atoms with van der Waals surface area (Å²) in [6, 6.07) is 0. The fraction of sp³-hybridized carbons (Fsp3) is 0.867. The van der Waals surface area contributed by atoms with Gasteiger partial charge in [-0.25, -0.2) is 0 Å². The molecule has 23 heavy (non-hydrogen) atoms. The first-order chi connectivity index (χ1) is 9.85. The minimum absolute atomic E-state index is 0.105. The van der Waals surface area contributed by atoms with Crippen LogP contribution in [0.2, 0.25) is 0 Å². The normalized spacial score (nSPS) is 19.3. The van der Waals surface area contributed by atoms with E-state index in [4.69, 9.17) is 4.29 Å². The third-order valence-corrected chi connectivity index (χ3v) is 7.12. The predicted octanol–water partition coefficient (Wildman–Crippen LogP) is 2.42. The summed E-state index contributed by atoms with van der Waals surface area (Å²) in [6.07, 6.45) is 0. The van der Waals surface area contributed by atoms with E-state index in [0.29, 0.717) is 0 Å². The average Bonchev–Trinajstić information content (AvgIpc) is 2.60. The fourth-order valence-electron chi connectivity index (χ4n) is 1.79. The second kappa shape index (κ2) is 6.58. The molecule has 0 aromatic rings. The van der Waals surface area contributed by atoms with Crippen molar-refractivity contribution >= 4 is 35.3 Å². The SMILES string of the molecule is CC(C)(C)SC1=C(SC(C)(C)C)C1(O[Cl+3]([O-])([O-])[O-])SC(C)(C)C. The maximum absolute atomic E-state index is 11.3. The molecule has 0 radical (unpaired) electrons. The quantitative estimate of drug-likeness (QED) is 0.653. The van der Waals surface area contributed by atoms with Crippen LogP contribution in [-0.4, -0.2) is 19.2 Å². The van der Waals surface area contributed by atoms with Crippen molar-refractivity contribution in [2.24, 2.45) is 0 Å². The van der Waals surface area contributed by atoms with Crippen LogP contribution >= 0.6 is 35.3 Å². The van der Waals surface area contributed by atoms with Gasteiger partial charge in [-0.15, -0.1) is 23.5 Å². The van der Waals surface area contributed by atoms with Crippen LogP contribution in [0.4, 0.5) is 0 Å². The molecule has 0 unspecified atom stereocenters. The smallest absolute Gasteiger partial charge is 0.183 e. The monoisotopic (exact) mass is 402 g/mol. The Morgan fingerprint density at radius 3 is 1.30 bits per heavy atom. The number of thioether (sulfide) groups is 3. The highest BCUT2D eigenvalue weighted by atomic mass is 35.7. The lowest BCUT2D eigenvalue weighted by atomic mass is 10.3. The van der Waals surface area contributed by atoms with Crippen LogP contribution in [0.5, 0.6) is 0 Å². The topological polar surface area (TPSA) is 78.4 Å². The minimum atomic E-state index is -4.51. The van der Waals surface area contributed by atoms with Gasteiger partial charge < -0.3 is 0 Å². The Bertz CT molecular complexity index is 435. The Morgan fingerprint density at radius 2 is 1.09 bits per heavy atom. The van der Waals surface area contributed by atoms with Gasteiger partial charge in [-0.3, -0.25) is 0 Å². The molecule has 0 spiro atoms. The van der Waals surface area contributed by atoms with Gasteiger partial charge in [0.15, 0.2) is 0 Å². The molecule has 0 saturated carbocycles. The van der Waals surface area contributed by atoms with Crippen molar-refractivity contribution in [3.63, 3.8) is 0 Å². The maximum atomic E-state index is 11.3. The molecule has 0 aliphatic heterocycles. The van der Waals surface area contributed by atoms with Crippen molar-refractivity contribution in [1.82, 2.24) is 0 Å². The highest BCUT2D eigenvalue weighted by Gasteiger charge is 2.70. The molecule has 0 heterocycles. The first-order valence-electron chi connectivity index (χ1n) is 7.30. The second-order valence-electron chi connectivity index (χ2n) is 8.37. The average molecular weight is 403 g/mol. The molecule has 0 aromatic heterocycles. The minimum Gasteiger partial charge on any atom is -0.183 e. The Morgan fingerprint density at radius 1 is 0.739 bits per heavy atom. The van der Waals surface area contributed by atoms with Gasteiger partial charge in [-0.05, 0) is 0 Å². The molecule has 1 aliphatic carbocycles. The molecule has 0 amide bonds. The van der Waals surface area contributed by atoms with Gasteiger partial charge in [0.25, 0.3) is 0 Å². The Kier molecular flexibility index (Phi) is 6.28. The van der Waals surface area contributed by atoms with E-state index in [9.17, 15) is 14.0 Å². The molecule has 0 aromatic carbocycles. The lowest BCUT2D eigenvalue weighted by Crippen LogP contribution is -2.63. The number of hydrogen-bond donors (Lipinski definition) is 0. The van der Waals surface area contributed by atoms with Gasteiger partial charge in [0.2, 0.25) is 0 Å².